The van der Waals surface area contributed by atoms with E-state index in [1.165, 1.54) is 55.3 Å². The van der Waals surface area contributed by atoms with Crippen molar-refractivity contribution < 1.29 is 4.42 Å². The third-order valence-corrected chi connectivity index (χ3v) is 12.7. The lowest BCUT2D eigenvalue weighted by atomic mass is 9.62. The lowest BCUT2D eigenvalue weighted by Gasteiger charge is -2.41. The molecule has 0 saturated heterocycles. The van der Waals surface area contributed by atoms with Crippen LogP contribution in [0, 0.1) is 5.92 Å². The van der Waals surface area contributed by atoms with E-state index in [4.69, 9.17) is 4.42 Å². The first-order chi connectivity index (χ1) is 28.8. The topological polar surface area (TPSA) is 21.3 Å². The van der Waals surface area contributed by atoms with E-state index in [9.17, 15) is 0 Å². The van der Waals surface area contributed by atoms with E-state index in [-0.39, 0.29) is 11.3 Å². The second-order valence-electron chi connectivity index (χ2n) is 15.6. The van der Waals surface area contributed by atoms with Gasteiger partial charge < -0.3 is 13.9 Å². The first-order valence-corrected chi connectivity index (χ1v) is 20.2. The summed E-state index contributed by atoms with van der Waals surface area (Å²) >= 11 is 0. The molecule has 0 radical (unpaired) electrons. The summed E-state index contributed by atoms with van der Waals surface area (Å²) in [6.45, 7) is 0. The highest BCUT2D eigenvalue weighted by molar-refractivity contribution is 6.11. The van der Waals surface area contributed by atoms with Crippen LogP contribution in [-0.4, -0.2) is 4.57 Å². The lowest BCUT2D eigenvalue weighted by Crippen LogP contribution is -2.36. The number of rotatable bonds is 6. The molecule has 2 aliphatic carbocycles. The zero-order valence-electron chi connectivity index (χ0n) is 31.8. The average Bonchev–Trinajstić information content (AvgIpc) is 3.93. The van der Waals surface area contributed by atoms with Gasteiger partial charge in [-0.1, -0.05) is 146 Å². The van der Waals surface area contributed by atoms with Gasteiger partial charge in [0, 0.05) is 56.3 Å². The Labute approximate surface area is 337 Å². The first-order valence-electron chi connectivity index (χ1n) is 20.2. The summed E-state index contributed by atoms with van der Waals surface area (Å²) in [6.07, 6.45) is 5.60. The van der Waals surface area contributed by atoms with Crippen molar-refractivity contribution in [3.8, 4) is 5.69 Å². The fourth-order valence-corrected chi connectivity index (χ4v) is 10.4. The molecule has 1 atom stereocenters. The molecule has 12 rings (SSSR count). The molecule has 1 unspecified atom stereocenters. The zero-order valence-corrected chi connectivity index (χ0v) is 31.8. The van der Waals surface area contributed by atoms with Crippen molar-refractivity contribution in [1.82, 2.24) is 4.57 Å². The largest absolute Gasteiger partial charge is 0.456 e. The summed E-state index contributed by atoms with van der Waals surface area (Å²) < 4.78 is 8.93. The Bertz CT molecular complexity index is 3220. The highest BCUT2D eigenvalue weighted by Crippen LogP contribution is 2.61. The van der Waals surface area contributed by atoms with Gasteiger partial charge in [0.1, 0.15) is 11.2 Å². The predicted octanol–water partition coefficient (Wildman–Crippen LogP) is 14.2. The minimum absolute atomic E-state index is 0.149. The molecule has 0 N–H and O–H groups in total. The molecule has 8 aromatic carbocycles. The Kier molecular flexibility index (Phi) is 7.27. The summed E-state index contributed by atoms with van der Waals surface area (Å²) in [5.74, 6) is 0.149. The second kappa shape index (κ2) is 12.8. The standard InChI is InChI=1S/C55H38N2O/c1-4-16-37(17-5-1)55(38-18-6-2-7-19-38)49-25-13-10-22-43(49)44-31-28-41(35-50(44)55)56(42-29-32-47-46-24-12-15-27-53(46)58-54(47)36-42)40-30-33-52-48(34-40)45-23-11-14-26-51(45)57(52)39-20-8-3-9-21-39/h1-34,36,50H,35H2. The van der Waals surface area contributed by atoms with E-state index >= 15 is 0 Å². The van der Waals surface area contributed by atoms with Gasteiger partial charge >= 0.3 is 0 Å². The third-order valence-electron chi connectivity index (χ3n) is 12.7. The molecule has 2 aromatic heterocycles. The summed E-state index contributed by atoms with van der Waals surface area (Å²) in [5.41, 5.74) is 15.1. The molecule has 58 heavy (non-hydrogen) atoms. The number of hydrogen-bond acceptors (Lipinski definition) is 2. The Morgan fingerprint density at radius 2 is 1.09 bits per heavy atom. The Morgan fingerprint density at radius 3 is 1.88 bits per heavy atom. The molecular weight excluding hydrogens is 705 g/mol. The monoisotopic (exact) mass is 742 g/mol. The number of hydrogen-bond donors (Lipinski definition) is 0. The molecule has 3 heteroatoms. The number of nitrogens with zero attached hydrogens (tertiary/aromatic N) is 2. The van der Waals surface area contributed by atoms with E-state index in [1.807, 2.05) is 6.07 Å². The molecule has 0 bridgehead atoms. The average molecular weight is 743 g/mol. The van der Waals surface area contributed by atoms with E-state index in [0.717, 1.165) is 45.4 Å². The van der Waals surface area contributed by atoms with E-state index < -0.39 is 0 Å². The number of fused-ring (bicyclic) bond motifs is 9. The molecule has 0 spiro atoms. The summed E-state index contributed by atoms with van der Waals surface area (Å²) in [7, 11) is 0. The van der Waals surface area contributed by atoms with Gasteiger partial charge in [0.05, 0.1) is 16.4 Å². The van der Waals surface area contributed by atoms with Crippen LogP contribution in [0.5, 0.6) is 0 Å². The minimum atomic E-state index is -0.383. The van der Waals surface area contributed by atoms with Crippen LogP contribution in [0.2, 0.25) is 0 Å². The van der Waals surface area contributed by atoms with Crippen LogP contribution < -0.4 is 4.90 Å². The number of benzene rings is 8. The Balaban J connectivity index is 1.09. The molecule has 0 fully saturated rings. The van der Waals surface area contributed by atoms with Crippen LogP contribution in [0.25, 0.3) is 55.0 Å². The van der Waals surface area contributed by atoms with Crippen LogP contribution in [0.1, 0.15) is 28.7 Å². The Morgan fingerprint density at radius 1 is 0.483 bits per heavy atom. The quantitative estimate of drug-likeness (QED) is 0.169. The van der Waals surface area contributed by atoms with Crippen LogP contribution in [-0.2, 0) is 5.41 Å². The van der Waals surface area contributed by atoms with Crippen molar-refractivity contribution in [2.75, 3.05) is 4.90 Å². The van der Waals surface area contributed by atoms with Gasteiger partial charge in [-0.15, -0.1) is 0 Å². The molecule has 3 nitrogen and oxygen atoms in total. The third kappa shape index (κ3) is 4.74. The first kappa shape index (κ1) is 32.8. The maximum atomic E-state index is 6.55. The van der Waals surface area contributed by atoms with Crippen LogP contribution in [0.15, 0.2) is 222 Å². The van der Waals surface area contributed by atoms with Gasteiger partial charge in [-0.25, -0.2) is 0 Å². The number of allylic oxidation sites excluding steroid dienone is 4. The molecule has 0 aliphatic heterocycles. The van der Waals surface area contributed by atoms with E-state index in [2.05, 4.69) is 216 Å². The van der Waals surface area contributed by atoms with Gasteiger partial charge in [0.15, 0.2) is 0 Å². The predicted molar refractivity (Wildman–Crippen MR) is 240 cm³/mol. The highest BCUT2D eigenvalue weighted by atomic mass is 16.3. The van der Waals surface area contributed by atoms with Crippen LogP contribution in [0.3, 0.4) is 0 Å². The zero-order chi connectivity index (χ0) is 38.2. The maximum Gasteiger partial charge on any atom is 0.137 e. The fourth-order valence-electron chi connectivity index (χ4n) is 10.4. The van der Waals surface area contributed by atoms with E-state index in [0.29, 0.717) is 0 Å². The summed E-state index contributed by atoms with van der Waals surface area (Å²) in [6, 6.07) is 73.0. The minimum Gasteiger partial charge on any atom is -0.456 e. The Hall–Kier alpha value is -7.36. The highest BCUT2D eigenvalue weighted by Gasteiger charge is 2.52. The summed E-state index contributed by atoms with van der Waals surface area (Å²) in [4.78, 5) is 2.48. The molecular formula is C55H38N2O. The lowest BCUT2D eigenvalue weighted by molar-refractivity contribution is 0.473. The molecule has 2 aliphatic rings. The summed E-state index contributed by atoms with van der Waals surface area (Å²) in [5, 5.41) is 4.71. The fraction of sp³-hybridized carbons (Fsp3) is 0.0545. The van der Waals surface area contributed by atoms with Gasteiger partial charge in [-0.3, -0.25) is 0 Å². The molecule has 10 aromatic rings. The smallest absolute Gasteiger partial charge is 0.137 e. The van der Waals surface area contributed by atoms with E-state index in [1.54, 1.807) is 0 Å². The van der Waals surface area contributed by atoms with Crippen molar-refractivity contribution >= 4 is 60.7 Å². The van der Waals surface area contributed by atoms with Gasteiger partial charge in [-0.05, 0) is 94.9 Å². The normalized spacial score (nSPS) is 15.7. The number of aromatic nitrogens is 1. The van der Waals surface area contributed by atoms with Crippen molar-refractivity contribution in [1.29, 1.82) is 0 Å². The van der Waals surface area contributed by atoms with Gasteiger partial charge in [-0.2, -0.15) is 0 Å². The van der Waals surface area contributed by atoms with Crippen LogP contribution >= 0.6 is 0 Å². The second-order valence-corrected chi connectivity index (χ2v) is 15.6. The van der Waals surface area contributed by atoms with Crippen LogP contribution in [0.4, 0.5) is 11.4 Å². The van der Waals surface area contributed by atoms with Gasteiger partial charge in [0.2, 0.25) is 0 Å². The molecule has 0 saturated carbocycles. The van der Waals surface area contributed by atoms with Crippen molar-refractivity contribution in [2.24, 2.45) is 5.92 Å². The number of anilines is 2. The van der Waals surface area contributed by atoms with Gasteiger partial charge in [0.25, 0.3) is 0 Å². The number of para-hydroxylation sites is 3. The number of furan rings is 1. The molecule has 2 heterocycles. The van der Waals surface area contributed by atoms with Crippen molar-refractivity contribution in [2.45, 2.75) is 11.8 Å². The molecule has 274 valence electrons. The SMILES string of the molecule is C1=C2c3ccccc3C(c3ccccc3)(c3ccccc3)C2CC(N(c2ccc3c(c2)oc2ccccc23)c2ccc3c(c2)c2ccccc2n3-c2ccccc2)=C1. The van der Waals surface area contributed by atoms with Crippen molar-refractivity contribution in [3.05, 3.63) is 240 Å². The molecule has 0 amide bonds. The van der Waals surface area contributed by atoms with Crippen molar-refractivity contribution in [3.63, 3.8) is 0 Å². The maximum absolute atomic E-state index is 6.55.